The van der Waals surface area contributed by atoms with Gasteiger partial charge in [0.1, 0.15) is 40.1 Å². The molecule has 3 nitrogen and oxygen atoms in total. The van der Waals surface area contributed by atoms with Gasteiger partial charge in [0.15, 0.2) is 0 Å². The number of rotatable bonds is 12. The predicted octanol–water partition coefficient (Wildman–Crippen LogP) is 12.2. The lowest BCUT2D eigenvalue weighted by Gasteiger charge is -2.22. The third-order valence-electron chi connectivity index (χ3n) is 7.56. The first-order chi connectivity index (χ1) is 24.3. The molecule has 0 heterocycles. The molecule has 15 heteroatoms. The minimum absolute atomic E-state index is 0.146. The highest BCUT2D eigenvalue weighted by Crippen LogP contribution is 2.42. The minimum Gasteiger partial charge on any atom is -0.429 e. The van der Waals surface area contributed by atoms with Gasteiger partial charge in [-0.15, -0.1) is 13.2 Å². The monoisotopic (exact) mass is 744 g/mol. The Kier molecular flexibility index (Phi) is 10.6. The van der Waals surface area contributed by atoms with E-state index in [1.165, 1.54) is 17.7 Å². The zero-order valence-electron chi connectivity index (χ0n) is 26.5. The van der Waals surface area contributed by atoms with Crippen molar-refractivity contribution in [3.05, 3.63) is 143 Å². The molecule has 0 unspecified atom stereocenters. The van der Waals surface area contributed by atoms with E-state index >= 15 is 8.78 Å². The van der Waals surface area contributed by atoms with E-state index in [9.17, 15) is 43.9 Å². The maximum atomic E-state index is 15.0. The summed E-state index contributed by atoms with van der Waals surface area (Å²) in [6.45, 7) is 2.09. The number of hydrogen-bond donors (Lipinski definition) is 0. The molecule has 0 N–H and O–H groups in total. The fourth-order valence-corrected chi connectivity index (χ4v) is 5.15. The lowest BCUT2D eigenvalue weighted by atomic mass is 9.98. The van der Waals surface area contributed by atoms with Gasteiger partial charge >= 0.3 is 24.7 Å². The molecule has 0 saturated carbocycles. The van der Waals surface area contributed by atoms with Crippen LogP contribution < -0.4 is 9.47 Å². The molecule has 5 aromatic carbocycles. The highest BCUT2D eigenvalue weighted by molar-refractivity contribution is 5.70. The van der Waals surface area contributed by atoms with E-state index < -0.39 is 70.3 Å². The molecule has 274 valence electrons. The molecule has 0 aliphatic carbocycles. The van der Waals surface area contributed by atoms with Crippen LogP contribution >= 0.6 is 0 Å². The van der Waals surface area contributed by atoms with Crippen LogP contribution in [-0.4, -0.2) is 6.36 Å². The van der Waals surface area contributed by atoms with E-state index in [1.54, 1.807) is 0 Å². The van der Waals surface area contributed by atoms with E-state index in [0.29, 0.717) is 11.6 Å². The van der Waals surface area contributed by atoms with Crippen LogP contribution in [0.25, 0.3) is 22.3 Å². The Labute approximate surface area is 288 Å². The van der Waals surface area contributed by atoms with E-state index in [0.717, 1.165) is 41.7 Å². The average molecular weight is 745 g/mol. The first kappa shape index (κ1) is 38.1. The highest BCUT2D eigenvalue weighted by atomic mass is 19.4. The van der Waals surface area contributed by atoms with Gasteiger partial charge in [0, 0.05) is 18.2 Å². The number of hydrogen-bond acceptors (Lipinski definition) is 3. The normalized spacial score (nSPS) is 12.6. The first-order valence-corrected chi connectivity index (χ1v) is 15.2. The van der Waals surface area contributed by atoms with Gasteiger partial charge < -0.3 is 9.47 Å². The standard InChI is InChI=1S/C37H24F12O3/c1-2-3-21-4-6-22(7-5-21)23-8-10-24(11-9-23)25-12-14-26(15-13-25)34(41,42)50-27-16-17-29(30(38)18-27)35(43,44)51-28-19-31(39)33(32(40)20-28)36(45,46)52-37(47,48)49/h4-20H,2-3H2,1H3. The molecule has 0 spiro atoms. The quantitative estimate of drug-likeness (QED) is 0.119. The number of alkyl halides is 9. The summed E-state index contributed by atoms with van der Waals surface area (Å²) in [6.07, 6.45) is -18.5. The molecular weight excluding hydrogens is 720 g/mol. The smallest absolute Gasteiger partial charge is 0.429 e. The molecule has 0 aliphatic rings. The van der Waals surface area contributed by atoms with Gasteiger partial charge in [0.2, 0.25) is 0 Å². The van der Waals surface area contributed by atoms with Gasteiger partial charge in [-0.2, -0.15) is 26.3 Å². The Hall–Kier alpha value is -5.18. The third kappa shape index (κ3) is 8.81. The second-order valence-corrected chi connectivity index (χ2v) is 11.3. The van der Waals surface area contributed by atoms with Crippen LogP contribution in [0.2, 0.25) is 0 Å². The van der Waals surface area contributed by atoms with E-state index in [-0.39, 0.29) is 24.3 Å². The molecule has 52 heavy (non-hydrogen) atoms. The largest absolute Gasteiger partial charge is 0.527 e. The van der Waals surface area contributed by atoms with E-state index in [1.807, 2.05) is 36.4 Å². The number of aryl methyl sites for hydroxylation is 1. The summed E-state index contributed by atoms with van der Waals surface area (Å²) >= 11 is 0. The second-order valence-electron chi connectivity index (χ2n) is 11.3. The predicted molar refractivity (Wildman–Crippen MR) is 164 cm³/mol. The van der Waals surface area contributed by atoms with Crippen LogP contribution in [0.5, 0.6) is 11.5 Å². The topological polar surface area (TPSA) is 27.7 Å². The summed E-state index contributed by atoms with van der Waals surface area (Å²) in [7, 11) is 0. The first-order valence-electron chi connectivity index (χ1n) is 15.2. The molecule has 0 aliphatic heterocycles. The van der Waals surface area contributed by atoms with Gasteiger partial charge in [-0.3, -0.25) is 0 Å². The van der Waals surface area contributed by atoms with Crippen LogP contribution in [0.4, 0.5) is 52.7 Å². The number of halogens is 12. The molecule has 0 radical (unpaired) electrons. The van der Waals surface area contributed by atoms with Gasteiger partial charge in [0.05, 0.1) is 5.56 Å². The van der Waals surface area contributed by atoms with E-state index in [4.69, 9.17) is 0 Å². The Morgan fingerprint density at radius 2 is 0.923 bits per heavy atom. The molecule has 0 atom stereocenters. The number of benzene rings is 5. The van der Waals surface area contributed by atoms with Crippen molar-refractivity contribution in [2.45, 2.75) is 44.5 Å². The summed E-state index contributed by atoms with van der Waals surface area (Å²) in [5.74, 6) is -9.30. The summed E-state index contributed by atoms with van der Waals surface area (Å²) in [5.41, 5.74) is -0.417. The van der Waals surface area contributed by atoms with Crippen molar-refractivity contribution in [1.29, 1.82) is 0 Å². The number of ether oxygens (including phenoxy) is 3. The van der Waals surface area contributed by atoms with Gasteiger partial charge in [-0.05, 0) is 58.5 Å². The second kappa shape index (κ2) is 14.4. The van der Waals surface area contributed by atoms with Crippen molar-refractivity contribution >= 4 is 0 Å². The zero-order valence-corrected chi connectivity index (χ0v) is 26.5. The van der Waals surface area contributed by atoms with E-state index in [2.05, 4.69) is 33.3 Å². The van der Waals surface area contributed by atoms with Crippen molar-refractivity contribution in [2.24, 2.45) is 0 Å². The van der Waals surface area contributed by atoms with Crippen molar-refractivity contribution in [2.75, 3.05) is 0 Å². The Morgan fingerprint density at radius 1 is 0.481 bits per heavy atom. The summed E-state index contributed by atoms with van der Waals surface area (Å²) in [6, 6.07) is 20.7. The van der Waals surface area contributed by atoms with Gasteiger partial charge in [0.25, 0.3) is 0 Å². The SMILES string of the molecule is CCCc1ccc(-c2ccc(-c3ccc(C(F)(F)Oc4ccc(C(F)(F)Oc5cc(F)c(C(F)(F)OC(F)(F)F)c(F)c5)c(F)c4)cc3)cc2)cc1. The maximum Gasteiger partial charge on any atom is 0.527 e. The molecule has 0 fully saturated rings. The van der Waals surface area contributed by atoms with Crippen LogP contribution in [0.3, 0.4) is 0 Å². The van der Waals surface area contributed by atoms with Gasteiger partial charge in [-0.25, -0.2) is 17.9 Å². The van der Waals surface area contributed by atoms with Crippen LogP contribution in [0.1, 0.15) is 35.6 Å². The molecule has 0 aromatic heterocycles. The van der Waals surface area contributed by atoms with Crippen molar-refractivity contribution in [3.8, 4) is 33.8 Å². The summed E-state index contributed by atoms with van der Waals surface area (Å²) in [5, 5.41) is 0. The zero-order chi connectivity index (χ0) is 38.1. The summed E-state index contributed by atoms with van der Waals surface area (Å²) < 4.78 is 178. The van der Waals surface area contributed by atoms with Gasteiger partial charge in [-0.1, -0.05) is 74.0 Å². The molecular formula is C37H24F12O3. The Morgan fingerprint density at radius 3 is 1.38 bits per heavy atom. The third-order valence-corrected chi connectivity index (χ3v) is 7.56. The molecule has 0 amide bonds. The lowest BCUT2D eigenvalue weighted by molar-refractivity contribution is -0.432. The Balaban J connectivity index is 1.26. The van der Waals surface area contributed by atoms with Crippen LogP contribution in [0.15, 0.2) is 103 Å². The Bertz CT molecular complexity index is 1990. The molecule has 0 bridgehead atoms. The maximum absolute atomic E-state index is 15.0. The summed E-state index contributed by atoms with van der Waals surface area (Å²) in [4.78, 5) is 0. The van der Waals surface area contributed by atoms with Crippen molar-refractivity contribution in [1.82, 2.24) is 0 Å². The van der Waals surface area contributed by atoms with Crippen molar-refractivity contribution < 1.29 is 66.9 Å². The average Bonchev–Trinajstić information content (AvgIpc) is 3.03. The molecule has 5 aromatic rings. The van der Waals surface area contributed by atoms with Crippen LogP contribution in [-0.2, 0) is 29.5 Å². The fourth-order valence-electron chi connectivity index (χ4n) is 5.15. The molecule has 0 saturated heterocycles. The van der Waals surface area contributed by atoms with Crippen LogP contribution in [0, 0.1) is 17.5 Å². The lowest BCUT2D eigenvalue weighted by Crippen LogP contribution is -2.30. The fraction of sp³-hybridized carbons (Fsp3) is 0.189. The highest BCUT2D eigenvalue weighted by Gasteiger charge is 2.50. The van der Waals surface area contributed by atoms with Crippen molar-refractivity contribution in [3.63, 3.8) is 0 Å². The minimum atomic E-state index is -6.04. The molecule has 5 rings (SSSR count).